The van der Waals surface area contributed by atoms with Gasteiger partial charge in [-0.25, -0.2) is 8.42 Å². The highest BCUT2D eigenvalue weighted by Gasteiger charge is 2.29. The molecule has 0 aromatic heterocycles. The molecule has 0 saturated carbocycles. The molecule has 0 atom stereocenters. The first-order chi connectivity index (χ1) is 9.79. The lowest BCUT2D eigenvalue weighted by Gasteiger charge is -2.33. The van der Waals surface area contributed by atoms with E-state index in [0.717, 1.165) is 19.4 Å². The van der Waals surface area contributed by atoms with Crippen molar-refractivity contribution in [3.05, 3.63) is 30.3 Å². The van der Waals surface area contributed by atoms with Crippen LogP contribution in [-0.4, -0.2) is 37.9 Å². The SMILES string of the molecule is CC(C)(C)NCC1CCN(S(=O)(=O)c2ccccc2)CC1. The van der Waals surface area contributed by atoms with E-state index in [9.17, 15) is 8.42 Å². The fourth-order valence-electron chi connectivity index (χ4n) is 2.55. The predicted octanol–water partition coefficient (Wildman–Crippen LogP) is 2.48. The fraction of sp³-hybridized carbons (Fsp3) is 0.625. The highest BCUT2D eigenvalue weighted by molar-refractivity contribution is 7.89. The first kappa shape index (κ1) is 16.5. The summed E-state index contributed by atoms with van der Waals surface area (Å²) in [4.78, 5) is 0.399. The molecule has 2 rings (SSSR count). The topological polar surface area (TPSA) is 49.4 Å². The number of nitrogens with zero attached hydrogens (tertiary/aromatic N) is 1. The number of piperidine rings is 1. The standard InChI is InChI=1S/C16H26N2O2S/c1-16(2,3)17-13-14-9-11-18(12-10-14)21(19,20)15-7-5-4-6-8-15/h4-8,14,17H,9-13H2,1-3H3. The molecule has 0 amide bonds. The summed E-state index contributed by atoms with van der Waals surface area (Å²) in [5.41, 5.74) is 0.118. The highest BCUT2D eigenvalue weighted by atomic mass is 32.2. The zero-order chi connectivity index (χ0) is 15.5. The number of hydrogen-bond donors (Lipinski definition) is 1. The summed E-state index contributed by atoms with van der Waals surface area (Å²) in [5, 5.41) is 3.51. The molecule has 5 heteroatoms. The number of nitrogens with one attached hydrogen (secondary N) is 1. The molecule has 1 fully saturated rings. The van der Waals surface area contributed by atoms with Crippen molar-refractivity contribution in [3.63, 3.8) is 0 Å². The Morgan fingerprint density at radius 1 is 1.14 bits per heavy atom. The second-order valence-corrected chi connectivity index (χ2v) is 8.73. The van der Waals surface area contributed by atoms with Gasteiger partial charge in [-0.3, -0.25) is 0 Å². The summed E-state index contributed by atoms with van der Waals surface area (Å²) in [6.45, 7) is 8.66. The van der Waals surface area contributed by atoms with Gasteiger partial charge in [0.2, 0.25) is 10.0 Å². The Kier molecular flexibility index (Phi) is 5.07. The quantitative estimate of drug-likeness (QED) is 0.929. The summed E-state index contributed by atoms with van der Waals surface area (Å²) >= 11 is 0. The summed E-state index contributed by atoms with van der Waals surface area (Å²) in [5.74, 6) is 0.562. The Morgan fingerprint density at radius 2 is 1.71 bits per heavy atom. The average molecular weight is 310 g/mol. The molecule has 1 N–H and O–H groups in total. The summed E-state index contributed by atoms with van der Waals surface area (Å²) in [6.07, 6.45) is 1.85. The van der Waals surface area contributed by atoms with Crippen molar-refractivity contribution >= 4 is 10.0 Å². The molecular formula is C16H26N2O2S. The van der Waals surface area contributed by atoms with Gasteiger partial charge in [0, 0.05) is 18.6 Å². The third-order valence-electron chi connectivity index (χ3n) is 3.88. The molecule has 4 nitrogen and oxygen atoms in total. The molecule has 118 valence electrons. The molecule has 0 radical (unpaired) electrons. The van der Waals surface area contributed by atoms with Gasteiger partial charge in [-0.15, -0.1) is 0 Å². The van der Waals surface area contributed by atoms with Gasteiger partial charge >= 0.3 is 0 Å². The van der Waals surface area contributed by atoms with E-state index < -0.39 is 10.0 Å². The Labute approximate surface area is 128 Å². The van der Waals surface area contributed by atoms with Crippen molar-refractivity contribution in [3.8, 4) is 0 Å². The molecule has 21 heavy (non-hydrogen) atoms. The van der Waals surface area contributed by atoms with E-state index in [1.165, 1.54) is 0 Å². The van der Waals surface area contributed by atoms with Crippen LogP contribution in [0.4, 0.5) is 0 Å². The molecule has 1 aromatic rings. The maximum absolute atomic E-state index is 12.5. The minimum absolute atomic E-state index is 0.118. The monoisotopic (exact) mass is 310 g/mol. The fourth-order valence-corrected chi connectivity index (χ4v) is 4.04. The van der Waals surface area contributed by atoms with Gasteiger partial charge in [-0.1, -0.05) is 18.2 Å². The van der Waals surface area contributed by atoms with Crippen LogP contribution in [-0.2, 0) is 10.0 Å². The van der Waals surface area contributed by atoms with Gasteiger partial charge in [0.25, 0.3) is 0 Å². The number of benzene rings is 1. The summed E-state index contributed by atoms with van der Waals surface area (Å²) in [6, 6.07) is 8.72. The van der Waals surface area contributed by atoms with Crippen LogP contribution in [0, 0.1) is 5.92 Å². The molecule has 1 heterocycles. The van der Waals surface area contributed by atoms with Gasteiger partial charge in [-0.2, -0.15) is 4.31 Å². The molecular weight excluding hydrogens is 284 g/mol. The van der Waals surface area contributed by atoms with Gasteiger partial charge < -0.3 is 5.32 Å². The van der Waals surface area contributed by atoms with Crippen LogP contribution in [0.2, 0.25) is 0 Å². The zero-order valence-corrected chi connectivity index (χ0v) is 14.0. The Morgan fingerprint density at radius 3 is 2.24 bits per heavy atom. The minimum atomic E-state index is -3.32. The van der Waals surface area contributed by atoms with Crippen LogP contribution >= 0.6 is 0 Å². The number of sulfonamides is 1. The van der Waals surface area contributed by atoms with Crippen molar-refractivity contribution in [1.29, 1.82) is 0 Å². The van der Waals surface area contributed by atoms with Crippen LogP contribution in [0.3, 0.4) is 0 Å². The van der Waals surface area contributed by atoms with Crippen molar-refractivity contribution in [2.24, 2.45) is 5.92 Å². The maximum atomic E-state index is 12.5. The van der Waals surface area contributed by atoms with Gasteiger partial charge in [0.05, 0.1) is 4.90 Å². The second-order valence-electron chi connectivity index (χ2n) is 6.79. The van der Waals surface area contributed by atoms with E-state index in [2.05, 4.69) is 26.1 Å². The third kappa shape index (κ3) is 4.53. The van der Waals surface area contributed by atoms with Crippen molar-refractivity contribution < 1.29 is 8.42 Å². The molecule has 1 saturated heterocycles. The normalized spacial score (nSPS) is 18.8. The lowest BCUT2D eigenvalue weighted by Crippen LogP contribution is -2.44. The first-order valence-electron chi connectivity index (χ1n) is 7.59. The van der Waals surface area contributed by atoms with Crippen molar-refractivity contribution in [2.45, 2.75) is 44.0 Å². The summed E-state index contributed by atoms with van der Waals surface area (Å²) in [7, 11) is -3.32. The Hall–Kier alpha value is -0.910. The van der Waals surface area contributed by atoms with Crippen LogP contribution in [0.5, 0.6) is 0 Å². The molecule has 0 bridgehead atoms. The zero-order valence-electron chi connectivity index (χ0n) is 13.2. The molecule has 1 aliphatic rings. The molecule has 0 aliphatic carbocycles. The molecule has 0 unspecified atom stereocenters. The van der Waals surface area contributed by atoms with Crippen molar-refractivity contribution in [1.82, 2.24) is 9.62 Å². The van der Waals surface area contributed by atoms with Gasteiger partial charge in [0.15, 0.2) is 0 Å². The van der Waals surface area contributed by atoms with Crippen molar-refractivity contribution in [2.75, 3.05) is 19.6 Å². The van der Waals surface area contributed by atoms with E-state index in [4.69, 9.17) is 0 Å². The van der Waals surface area contributed by atoms with Crippen LogP contribution in [0.1, 0.15) is 33.6 Å². The highest BCUT2D eigenvalue weighted by Crippen LogP contribution is 2.23. The molecule has 1 aliphatic heterocycles. The Balaban J connectivity index is 1.92. The lowest BCUT2D eigenvalue weighted by atomic mass is 9.97. The minimum Gasteiger partial charge on any atom is -0.312 e. The van der Waals surface area contributed by atoms with E-state index in [1.54, 1.807) is 28.6 Å². The van der Waals surface area contributed by atoms with Crippen LogP contribution in [0.15, 0.2) is 35.2 Å². The van der Waals surface area contributed by atoms with Gasteiger partial charge in [-0.05, 0) is 58.2 Å². The van der Waals surface area contributed by atoms with E-state index in [-0.39, 0.29) is 5.54 Å². The van der Waals surface area contributed by atoms with E-state index in [1.807, 2.05) is 6.07 Å². The smallest absolute Gasteiger partial charge is 0.243 e. The largest absolute Gasteiger partial charge is 0.312 e. The lowest BCUT2D eigenvalue weighted by molar-refractivity contribution is 0.251. The van der Waals surface area contributed by atoms with Gasteiger partial charge in [0.1, 0.15) is 0 Å². The van der Waals surface area contributed by atoms with Crippen LogP contribution < -0.4 is 5.32 Å². The van der Waals surface area contributed by atoms with Crippen LogP contribution in [0.25, 0.3) is 0 Å². The van der Waals surface area contributed by atoms with E-state index >= 15 is 0 Å². The first-order valence-corrected chi connectivity index (χ1v) is 9.03. The predicted molar refractivity (Wildman–Crippen MR) is 85.7 cm³/mol. The summed E-state index contributed by atoms with van der Waals surface area (Å²) < 4.78 is 26.7. The Bertz CT molecular complexity index is 541. The number of rotatable bonds is 4. The molecule has 1 aromatic carbocycles. The third-order valence-corrected chi connectivity index (χ3v) is 5.79. The van der Waals surface area contributed by atoms with E-state index in [0.29, 0.717) is 23.9 Å². The number of hydrogen-bond acceptors (Lipinski definition) is 3. The maximum Gasteiger partial charge on any atom is 0.243 e. The second kappa shape index (κ2) is 6.46. The molecule has 0 spiro atoms. The average Bonchev–Trinajstić information content (AvgIpc) is 2.46.